The number of thiophene rings is 1. The molecule has 4 aliphatic rings. The highest BCUT2D eigenvalue weighted by atomic mass is 32.1. The molecule has 2 aliphatic heterocycles. The summed E-state index contributed by atoms with van der Waals surface area (Å²) in [6.07, 6.45) is 1.99. The van der Waals surface area contributed by atoms with Crippen molar-refractivity contribution in [2.45, 2.75) is 110 Å². The lowest BCUT2D eigenvalue weighted by Crippen LogP contribution is -2.61. The lowest BCUT2D eigenvalue weighted by molar-refractivity contribution is 0.589. The number of fused-ring (bicyclic) bond motifs is 16. The summed E-state index contributed by atoms with van der Waals surface area (Å²) in [5.74, 6) is 0. The van der Waals surface area contributed by atoms with Gasteiger partial charge in [-0.3, -0.25) is 4.98 Å². The maximum atomic E-state index is 5.24. The fraction of sp³-hybridized carbons (Fsp3) is 0.258. The van der Waals surface area contributed by atoms with Gasteiger partial charge in [0.2, 0.25) is 0 Å². The van der Waals surface area contributed by atoms with E-state index in [0.29, 0.717) is 0 Å². The third-order valence-corrected chi connectivity index (χ3v) is 17.5. The van der Waals surface area contributed by atoms with Crippen molar-refractivity contribution >= 4 is 78.6 Å². The van der Waals surface area contributed by atoms with Crippen molar-refractivity contribution in [3.8, 4) is 21.7 Å². The second-order valence-electron chi connectivity index (χ2n) is 24.9. The van der Waals surface area contributed by atoms with Crippen LogP contribution in [0.25, 0.3) is 31.8 Å². The smallest absolute Gasteiger partial charge is 0.252 e. The van der Waals surface area contributed by atoms with Crippen LogP contribution in [-0.2, 0) is 27.1 Å². The van der Waals surface area contributed by atoms with Crippen LogP contribution in [0.5, 0.6) is 0 Å². The molecule has 0 saturated carbocycles. The second kappa shape index (κ2) is 14.7. The molecule has 0 fully saturated rings. The van der Waals surface area contributed by atoms with E-state index in [9.17, 15) is 0 Å². The molecule has 9 aromatic rings. The summed E-state index contributed by atoms with van der Waals surface area (Å²) in [6, 6.07) is 59.5. The molecule has 5 heteroatoms. The van der Waals surface area contributed by atoms with Gasteiger partial charge < -0.3 is 9.80 Å². The maximum Gasteiger partial charge on any atom is 0.252 e. The fourth-order valence-corrected chi connectivity index (χ4v) is 13.9. The Kier molecular flexibility index (Phi) is 9.17. The number of anilines is 6. The van der Waals surface area contributed by atoms with E-state index in [1.165, 1.54) is 121 Å². The van der Waals surface area contributed by atoms with E-state index in [2.05, 4.69) is 245 Å². The monoisotopic (exact) mass is 939 g/mol. The highest BCUT2D eigenvalue weighted by molar-refractivity contribution is 7.22. The fourth-order valence-electron chi connectivity index (χ4n) is 12.6. The molecule has 71 heavy (non-hydrogen) atoms. The van der Waals surface area contributed by atoms with E-state index in [1.54, 1.807) is 0 Å². The molecule has 13 rings (SSSR count). The first-order chi connectivity index (χ1) is 33.7. The molecule has 3 nitrogen and oxygen atoms in total. The average Bonchev–Trinajstić information content (AvgIpc) is 3.95. The van der Waals surface area contributed by atoms with Crippen LogP contribution in [-0.4, -0.2) is 11.7 Å². The molecule has 2 aromatic heterocycles. The number of rotatable bonds is 2. The van der Waals surface area contributed by atoms with Gasteiger partial charge in [-0.1, -0.05) is 174 Å². The van der Waals surface area contributed by atoms with Crippen LogP contribution in [0.1, 0.15) is 128 Å². The zero-order valence-electron chi connectivity index (χ0n) is 43.3. The van der Waals surface area contributed by atoms with E-state index in [1.807, 2.05) is 17.5 Å². The lowest BCUT2D eigenvalue weighted by Gasteiger charge is -2.46. The molecule has 1 spiro atoms. The van der Waals surface area contributed by atoms with Crippen LogP contribution < -0.4 is 26.2 Å². The topological polar surface area (TPSA) is 19.4 Å². The quantitative estimate of drug-likeness (QED) is 0.161. The van der Waals surface area contributed by atoms with Crippen molar-refractivity contribution in [1.29, 1.82) is 0 Å². The Morgan fingerprint density at radius 1 is 0.451 bits per heavy atom. The summed E-state index contributed by atoms with van der Waals surface area (Å²) in [5.41, 5.74) is 25.0. The average molecular weight is 940 g/mol. The van der Waals surface area contributed by atoms with E-state index in [4.69, 9.17) is 4.98 Å². The summed E-state index contributed by atoms with van der Waals surface area (Å²) in [5, 5.41) is 1.32. The van der Waals surface area contributed by atoms with Gasteiger partial charge >= 0.3 is 0 Å². The van der Waals surface area contributed by atoms with Gasteiger partial charge in [-0.05, 0) is 160 Å². The van der Waals surface area contributed by atoms with Crippen molar-refractivity contribution in [3.63, 3.8) is 0 Å². The second-order valence-corrected chi connectivity index (χ2v) is 25.9. The largest absolute Gasteiger partial charge is 0.311 e. The molecule has 1 unspecified atom stereocenters. The number of benzene rings is 7. The molecule has 0 saturated heterocycles. The number of nitrogens with zero attached hydrogens (tertiary/aromatic N) is 3. The van der Waals surface area contributed by atoms with Gasteiger partial charge in [0, 0.05) is 45.0 Å². The lowest BCUT2D eigenvalue weighted by atomic mass is 9.33. The number of pyridine rings is 1. The van der Waals surface area contributed by atoms with Gasteiger partial charge in [0.15, 0.2) is 0 Å². The predicted molar refractivity (Wildman–Crippen MR) is 305 cm³/mol. The third kappa shape index (κ3) is 6.24. The van der Waals surface area contributed by atoms with E-state index >= 15 is 0 Å². The number of hydrogen-bond donors (Lipinski definition) is 0. The molecule has 2 aliphatic carbocycles. The molecule has 0 N–H and O–H groups in total. The summed E-state index contributed by atoms with van der Waals surface area (Å²) in [6.45, 7) is 28.0. The van der Waals surface area contributed by atoms with Crippen LogP contribution in [0.2, 0.25) is 0 Å². The SMILES string of the molecule is CC(C)(C)c1ccc(N2c3cc(C(C)(C)C)ccc3B3c4cc5c(cc4N(c4ccc(C(C)(C)C)cc4)c4cc(C(C)(C)C)cc2c43)-c2ccccc2C52c3cccnc3-c3sc4ccccc4c32)cc1. The van der Waals surface area contributed by atoms with Gasteiger partial charge in [-0.25, -0.2) is 0 Å². The van der Waals surface area contributed by atoms with E-state index < -0.39 is 5.41 Å². The van der Waals surface area contributed by atoms with Crippen LogP contribution in [0, 0.1) is 0 Å². The van der Waals surface area contributed by atoms with Crippen molar-refractivity contribution in [2.24, 2.45) is 0 Å². The minimum absolute atomic E-state index is 0.0172. The highest BCUT2D eigenvalue weighted by Gasteiger charge is 2.55. The Bertz CT molecular complexity index is 3700. The standard InChI is InChI=1S/C66H62BN3S/c1-62(2,3)39-23-28-43(29-24-39)69-53-34-41(64(7,8)9)27-32-51(53)67-52-38-50-47(37-54(52)70(44-30-25-40(26-31-44)63(4,5)6)56-36-42(65(10,11)12)35-55(69)59(56)67)45-18-13-15-20-48(45)66(50)49-21-17-33-68-60(49)61-58(66)46-19-14-16-22-57(46)71-61/h13-38H,1-12H3. The van der Waals surface area contributed by atoms with Crippen molar-refractivity contribution in [2.75, 3.05) is 9.80 Å². The van der Waals surface area contributed by atoms with Crippen molar-refractivity contribution < 1.29 is 0 Å². The zero-order chi connectivity index (χ0) is 49.3. The molecule has 7 aromatic carbocycles. The van der Waals surface area contributed by atoms with Gasteiger partial charge in [0.25, 0.3) is 6.71 Å². The number of hydrogen-bond acceptors (Lipinski definition) is 4. The molecule has 350 valence electrons. The Hall–Kier alpha value is -6.69. The van der Waals surface area contributed by atoms with Gasteiger partial charge in [-0.2, -0.15) is 0 Å². The Morgan fingerprint density at radius 3 is 1.61 bits per heavy atom. The van der Waals surface area contributed by atoms with Gasteiger partial charge in [0.05, 0.1) is 16.0 Å². The molecule has 1 atom stereocenters. The molecule has 4 heterocycles. The summed E-state index contributed by atoms with van der Waals surface area (Å²) < 4.78 is 1.31. The Labute approximate surface area is 425 Å². The van der Waals surface area contributed by atoms with Crippen LogP contribution in [0.3, 0.4) is 0 Å². The predicted octanol–water partition coefficient (Wildman–Crippen LogP) is 15.9. The van der Waals surface area contributed by atoms with Gasteiger partial charge in [0.1, 0.15) is 0 Å². The summed E-state index contributed by atoms with van der Waals surface area (Å²) in [7, 11) is 0. The molecule has 0 bridgehead atoms. The van der Waals surface area contributed by atoms with Gasteiger partial charge in [-0.15, -0.1) is 11.3 Å². The highest BCUT2D eigenvalue weighted by Crippen LogP contribution is 2.66. The Balaban J connectivity index is 1.18. The molecular weight excluding hydrogens is 878 g/mol. The van der Waals surface area contributed by atoms with Crippen LogP contribution in [0.4, 0.5) is 34.1 Å². The van der Waals surface area contributed by atoms with Crippen LogP contribution >= 0.6 is 11.3 Å². The molecular formula is C66H62BN3S. The molecule has 0 amide bonds. The molecule has 0 radical (unpaired) electrons. The van der Waals surface area contributed by atoms with Crippen molar-refractivity contribution in [3.05, 3.63) is 202 Å². The van der Waals surface area contributed by atoms with Crippen molar-refractivity contribution in [1.82, 2.24) is 4.98 Å². The van der Waals surface area contributed by atoms with E-state index in [0.717, 1.165) is 5.69 Å². The minimum Gasteiger partial charge on any atom is -0.311 e. The summed E-state index contributed by atoms with van der Waals surface area (Å²) in [4.78, 5) is 11.8. The summed E-state index contributed by atoms with van der Waals surface area (Å²) >= 11 is 1.90. The minimum atomic E-state index is -0.549. The number of aromatic nitrogens is 1. The first-order valence-corrected chi connectivity index (χ1v) is 26.5. The van der Waals surface area contributed by atoms with Crippen LogP contribution in [0.15, 0.2) is 158 Å². The third-order valence-electron chi connectivity index (χ3n) is 16.3. The zero-order valence-corrected chi connectivity index (χ0v) is 44.2. The first-order valence-electron chi connectivity index (χ1n) is 25.6. The first kappa shape index (κ1) is 44.3. The normalized spacial score (nSPS) is 16.4. The maximum absolute atomic E-state index is 5.24. The Morgan fingerprint density at radius 2 is 0.986 bits per heavy atom. The van der Waals surface area contributed by atoms with E-state index in [-0.39, 0.29) is 28.4 Å².